The summed E-state index contributed by atoms with van der Waals surface area (Å²) in [5.74, 6) is 0.741. The molecule has 1 atom stereocenters. The standard InChI is InChI=1S/C31H39N7O/c1-22-19-25-21-27(31(39)32-28(25)20-23(22)2)29(37-17-15-36(16-18-37)26-11-7-4-8-12-26)30-33-34-35-38(30)14-13-24-9-5-3-6-10-24/h3,5-6,9-10,19-21,26,29H,4,7-8,11-18H2,1-2H3,(H,32,39)/t29-/m1/s1. The van der Waals surface area contributed by atoms with E-state index in [0.717, 1.165) is 49.3 Å². The number of aromatic nitrogens is 5. The third-order valence-electron chi connectivity index (χ3n) is 8.85. The highest BCUT2D eigenvalue weighted by molar-refractivity contribution is 5.81. The Labute approximate surface area is 230 Å². The van der Waals surface area contributed by atoms with E-state index in [4.69, 9.17) is 0 Å². The molecule has 6 rings (SSSR count). The Hall–Kier alpha value is -3.36. The van der Waals surface area contributed by atoms with Gasteiger partial charge in [-0.05, 0) is 83.8 Å². The van der Waals surface area contributed by atoms with Crippen LogP contribution in [0.1, 0.15) is 66.2 Å². The molecule has 0 amide bonds. The number of H-pyrrole nitrogens is 1. The zero-order chi connectivity index (χ0) is 26.8. The number of nitrogens with zero attached hydrogens (tertiary/aromatic N) is 6. The van der Waals surface area contributed by atoms with Crippen LogP contribution >= 0.6 is 0 Å². The lowest BCUT2D eigenvalue weighted by Gasteiger charge is -2.43. The van der Waals surface area contributed by atoms with Crippen molar-refractivity contribution >= 4 is 10.9 Å². The molecule has 8 nitrogen and oxygen atoms in total. The van der Waals surface area contributed by atoms with Crippen molar-refractivity contribution in [2.24, 2.45) is 0 Å². The molecule has 0 bridgehead atoms. The summed E-state index contributed by atoms with van der Waals surface area (Å²) in [5, 5.41) is 14.1. The van der Waals surface area contributed by atoms with Crippen molar-refractivity contribution in [3.63, 3.8) is 0 Å². The third-order valence-corrected chi connectivity index (χ3v) is 8.85. The molecule has 0 unspecified atom stereocenters. The monoisotopic (exact) mass is 525 g/mol. The zero-order valence-electron chi connectivity index (χ0n) is 23.1. The zero-order valence-corrected chi connectivity index (χ0v) is 23.1. The molecule has 8 heteroatoms. The maximum absolute atomic E-state index is 13.6. The van der Waals surface area contributed by atoms with Crippen LogP contribution in [0.5, 0.6) is 0 Å². The fourth-order valence-corrected chi connectivity index (χ4v) is 6.45. The molecule has 0 radical (unpaired) electrons. The fourth-order valence-electron chi connectivity index (χ4n) is 6.45. The second kappa shape index (κ2) is 11.4. The van der Waals surface area contributed by atoms with Crippen LogP contribution in [0.15, 0.2) is 53.3 Å². The van der Waals surface area contributed by atoms with E-state index in [1.54, 1.807) is 0 Å². The van der Waals surface area contributed by atoms with E-state index >= 15 is 0 Å². The Bertz CT molecular complexity index is 1460. The minimum absolute atomic E-state index is 0.0666. The molecule has 1 saturated carbocycles. The molecule has 4 aromatic rings. The lowest BCUT2D eigenvalue weighted by molar-refractivity contribution is 0.0617. The number of benzene rings is 2. The summed E-state index contributed by atoms with van der Waals surface area (Å²) in [6.07, 6.45) is 7.50. The Morgan fingerprint density at radius 2 is 1.69 bits per heavy atom. The van der Waals surface area contributed by atoms with Crippen molar-refractivity contribution in [2.75, 3.05) is 26.2 Å². The molecule has 1 aliphatic carbocycles. The van der Waals surface area contributed by atoms with Crippen molar-refractivity contribution in [1.82, 2.24) is 35.0 Å². The van der Waals surface area contributed by atoms with Crippen LogP contribution in [0.25, 0.3) is 10.9 Å². The van der Waals surface area contributed by atoms with E-state index in [1.807, 2.05) is 10.7 Å². The summed E-state index contributed by atoms with van der Waals surface area (Å²) in [6, 6.07) is 17.1. The van der Waals surface area contributed by atoms with Gasteiger partial charge in [-0.1, -0.05) is 49.6 Å². The molecule has 2 aromatic carbocycles. The van der Waals surface area contributed by atoms with Crippen LogP contribution in [-0.2, 0) is 13.0 Å². The highest BCUT2D eigenvalue weighted by Crippen LogP contribution is 2.30. The topological polar surface area (TPSA) is 82.9 Å². The number of hydrogen-bond acceptors (Lipinski definition) is 6. The first-order chi connectivity index (χ1) is 19.1. The molecule has 2 aromatic heterocycles. The second-order valence-corrected chi connectivity index (χ2v) is 11.3. The predicted molar refractivity (Wildman–Crippen MR) is 154 cm³/mol. The van der Waals surface area contributed by atoms with Crippen molar-refractivity contribution in [1.29, 1.82) is 0 Å². The summed E-state index contributed by atoms with van der Waals surface area (Å²) < 4.78 is 1.90. The predicted octanol–water partition coefficient (Wildman–Crippen LogP) is 4.41. The van der Waals surface area contributed by atoms with Gasteiger partial charge in [0.2, 0.25) is 0 Å². The smallest absolute Gasteiger partial charge is 0.253 e. The van der Waals surface area contributed by atoms with E-state index in [2.05, 4.69) is 86.6 Å². The minimum atomic E-state index is -0.306. The molecule has 204 valence electrons. The molecule has 39 heavy (non-hydrogen) atoms. The number of aromatic amines is 1. The van der Waals surface area contributed by atoms with Gasteiger partial charge in [-0.25, -0.2) is 4.68 Å². The van der Waals surface area contributed by atoms with Crippen LogP contribution in [-0.4, -0.2) is 67.2 Å². The molecular weight excluding hydrogens is 486 g/mol. The first kappa shape index (κ1) is 25.9. The van der Waals surface area contributed by atoms with Gasteiger partial charge in [0.05, 0.1) is 0 Å². The molecule has 3 heterocycles. The first-order valence-corrected chi connectivity index (χ1v) is 14.5. The Kier molecular flexibility index (Phi) is 7.57. The number of aryl methyl sites for hydroxylation is 4. The van der Waals surface area contributed by atoms with Gasteiger partial charge < -0.3 is 4.98 Å². The van der Waals surface area contributed by atoms with Crippen molar-refractivity contribution < 1.29 is 0 Å². The summed E-state index contributed by atoms with van der Waals surface area (Å²) in [4.78, 5) is 21.9. The molecule has 1 N–H and O–H groups in total. The van der Waals surface area contributed by atoms with E-state index in [1.165, 1.54) is 48.8 Å². The average Bonchev–Trinajstić information content (AvgIpc) is 3.43. The number of tetrazole rings is 1. The van der Waals surface area contributed by atoms with Gasteiger partial charge in [-0.2, -0.15) is 0 Å². The van der Waals surface area contributed by atoms with Gasteiger partial charge in [0.1, 0.15) is 6.04 Å². The highest BCUT2D eigenvalue weighted by Gasteiger charge is 2.34. The number of piperazine rings is 1. The van der Waals surface area contributed by atoms with E-state index < -0.39 is 0 Å². The normalized spacial score (nSPS) is 18.5. The number of nitrogens with one attached hydrogen (secondary N) is 1. The second-order valence-electron chi connectivity index (χ2n) is 11.3. The average molecular weight is 526 g/mol. The maximum atomic E-state index is 13.6. The summed E-state index contributed by atoms with van der Waals surface area (Å²) in [5.41, 5.74) is 5.15. The van der Waals surface area contributed by atoms with Gasteiger partial charge in [-0.3, -0.25) is 14.6 Å². The van der Waals surface area contributed by atoms with Gasteiger partial charge in [-0.15, -0.1) is 5.10 Å². The highest BCUT2D eigenvalue weighted by atomic mass is 16.1. The number of hydrogen-bond donors (Lipinski definition) is 1. The number of rotatable bonds is 7. The summed E-state index contributed by atoms with van der Waals surface area (Å²) in [6.45, 7) is 8.65. The van der Waals surface area contributed by atoms with E-state index in [9.17, 15) is 4.79 Å². The minimum Gasteiger partial charge on any atom is -0.322 e. The van der Waals surface area contributed by atoms with Gasteiger partial charge in [0.25, 0.3) is 5.56 Å². The first-order valence-electron chi connectivity index (χ1n) is 14.5. The maximum Gasteiger partial charge on any atom is 0.253 e. The number of pyridine rings is 1. The third kappa shape index (κ3) is 5.54. The Morgan fingerprint density at radius 1 is 0.949 bits per heavy atom. The molecule has 2 aliphatic rings. The summed E-state index contributed by atoms with van der Waals surface area (Å²) in [7, 11) is 0. The lowest BCUT2D eigenvalue weighted by Crippen LogP contribution is -2.52. The van der Waals surface area contributed by atoms with Crippen LogP contribution in [0.3, 0.4) is 0 Å². The Morgan fingerprint density at radius 3 is 2.46 bits per heavy atom. The fraction of sp³-hybridized carbons (Fsp3) is 0.484. The van der Waals surface area contributed by atoms with Gasteiger partial charge in [0.15, 0.2) is 5.82 Å². The SMILES string of the molecule is Cc1cc2cc([C@H](c3nnnn3CCc3ccccc3)N3CCN(C4CCCCC4)CC3)c(=O)[nH]c2cc1C. The van der Waals surface area contributed by atoms with Crippen molar-refractivity contribution in [2.45, 2.75) is 71.0 Å². The van der Waals surface area contributed by atoms with Crippen molar-refractivity contribution in [3.05, 3.63) is 87.0 Å². The number of fused-ring (bicyclic) bond motifs is 1. The van der Waals surface area contributed by atoms with E-state index in [0.29, 0.717) is 18.2 Å². The van der Waals surface area contributed by atoms with Crippen LogP contribution in [0, 0.1) is 13.8 Å². The van der Waals surface area contributed by atoms with Crippen LogP contribution in [0.2, 0.25) is 0 Å². The molecule has 2 fully saturated rings. The summed E-state index contributed by atoms with van der Waals surface area (Å²) >= 11 is 0. The van der Waals surface area contributed by atoms with Crippen molar-refractivity contribution in [3.8, 4) is 0 Å². The molecule has 1 aliphatic heterocycles. The van der Waals surface area contributed by atoms with Gasteiger partial charge >= 0.3 is 0 Å². The van der Waals surface area contributed by atoms with Gasteiger partial charge in [0, 0.05) is 49.8 Å². The Balaban J connectivity index is 1.34. The van der Waals surface area contributed by atoms with E-state index in [-0.39, 0.29) is 11.6 Å². The largest absolute Gasteiger partial charge is 0.322 e. The molecule has 1 saturated heterocycles. The quantitative estimate of drug-likeness (QED) is 0.385. The molecular formula is C31H39N7O. The molecule has 0 spiro atoms. The van der Waals surface area contributed by atoms with Crippen LogP contribution < -0.4 is 5.56 Å². The lowest BCUT2D eigenvalue weighted by atomic mass is 9.93. The van der Waals surface area contributed by atoms with Crippen LogP contribution in [0.4, 0.5) is 0 Å².